The molecule has 24 heavy (non-hydrogen) atoms. The smallest absolute Gasteiger partial charge is 0.191 e. The maximum Gasteiger partial charge on any atom is 0.191 e. The monoisotopic (exact) mass is 330 g/mol. The van der Waals surface area contributed by atoms with Crippen LogP contribution < -0.4 is 10.6 Å². The Labute approximate surface area is 147 Å². The average Bonchev–Trinajstić information content (AvgIpc) is 3.06. The van der Waals surface area contributed by atoms with E-state index in [-0.39, 0.29) is 5.41 Å². The Bertz CT molecular complexity index is 510. The second-order valence-corrected chi connectivity index (χ2v) is 7.37. The van der Waals surface area contributed by atoms with Crippen molar-refractivity contribution < 1.29 is 0 Å². The van der Waals surface area contributed by atoms with E-state index in [1.54, 1.807) is 0 Å². The fraction of sp³-hybridized carbons (Fsp3) is 0.650. The summed E-state index contributed by atoms with van der Waals surface area (Å²) in [6, 6.07) is 10.6. The molecule has 0 saturated carbocycles. The van der Waals surface area contributed by atoms with Gasteiger partial charge in [-0.25, -0.2) is 0 Å². The molecule has 1 aromatic carbocycles. The van der Waals surface area contributed by atoms with Gasteiger partial charge in [0.05, 0.1) is 6.54 Å². The maximum atomic E-state index is 4.84. The van der Waals surface area contributed by atoms with Crippen LogP contribution in [0.5, 0.6) is 0 Å². The Morgan fingerprint density at radius 3 is 2.58 bits per heavy atom. The van der Waals surface area contributed by atoms with Crippen LogP contribution in [0, 0.1) is 5.92 Å². The highest BCUT2D eigenvalue weighted by atomic mass is 15.2. The first-order chi connectivity index (χ1) is 11.5. The van der Waals surface area contributed by atoms with Crippen molar-refractivity contribution in [2.24, 2.45) is 10.9 Å². The molecular weight excluding hydrogens is 296 g/mol. The number of hydrogen-bond donors (Lipinski definition) is 2. The predicted octanol–water partition coefficient (Wildman–Crippen LogP) is 2.86. The van der Waals surface area contributed by atoms with Crippen LogP contribution in [0.2, 0.25) is 0 Å². The molecule has 1 fully saturated rings. The van der Waals surface area contributed by atoms with Crippen LogP contribution >= 0.6 is 0 Å². The van der Waals surface area contributed by atoms with E-state index in [1.807, 2.05) is 0 Å². The van der Waals surface area contributed by atoms with Crippen LogP contribution in [-0.2, 0) is 5.41 Å². The Hall–Kier alpha value is -1.55. The SMILES string of the molecule is CCNC(=NCC(C)(C)c1ccccc1)NCC1CCN(CC)C1. The first-order valence-electron chi connectivity index (χ1n) is 9.35. The standard InChI is InChI=1S/C20H34N4/c1-5-21-19(22-14-17-12-13-24(6-2)15-17)23-16-20(3,4)18-10-8-7-9-11-18/h7-11,17H,5-6,12-16H2,1-4H3,(H2,21,22,23). The quantitative estimate of drug-likeness (QED) is 0.596. The van der Waals surface area contributed by atoms with Crippen molar-refractivity contribution in [3.63, 3.8) is 0 Å². The van der Waals surface area contributed by atoms with Gasteiger partial charge in [0.15, 0.2) is 5.96 Å². The van der Waals surface area contributed by atoms with Gasteiger partial charge in [0, 0.05) is 25.0 Å². The summed E-state index contributed by atoms with van der Waals surface area (Å²) >= 11 is 0. The fourth-order valence-electron chi connectivity index (χ4n) is 3.21. The number of nitrogens with zero attached hydrogens (tertiary/aromatic N) is 2. The Morgan fingerprint density at radius 2 is 1.96 bits per heavy atom. The highest BCUT2D eigenvalue weighted by Gasteiger charge is 2.22. The Balaban J connectivity index is 1.90. The largest absolute Gasteiger partial charge is 0.357 e. The lowest BCUT2D eigenvalue weighted by Gasteiger charge is -2.24. The second kappa shape index (κ2) is 9.07. The molecule has 1 aromatic rings. The number of likely N-dealkylation sites (tertiary alicyclic amines) is 1. The number of aliphatic imine (C=N–C) groups is 1. The van der Waals surface area contributed by atoms with Gasteiger partial charge < -0.3 is 15.5 Å². The van der Waals surface area contributed by atoms with E-state index in [9.17, 15) is 0 Å². The minimum absolute atomic E-state index is 0.0377. The molecule has 4 heteroatoms. The minimum atomic E-state index is 0.0377. The second-order valence-electron chi connectivity index (χ2n) is 7.37. The zero-order chi connectivity index (χ0) is 17.4. The lowest BCUT2D eigenvalue weighted by Crippen LogP contribution is -2.41. The summed E-state index contributed by atoms with van der Waals surface area (Å²) in [6.45, 7) is 15.2. The third-order valence-electron chi connectivity index (χ3n) is 4.91. The molecule has 1 saturated heterocycles. The highest BCUT2D eigenvalue weighted by molar-refractivity contribution is 5.79. The Kier molecular flexibility index (Phi) is 7.10. The molecule has 1 aliphatic rings. The minimum Gasteiger partial charge on any atom is -0.357 e. The first-order valence-corrected chi connectivity index (χ1v) is 9.35. The van der Waals surface area contributed by atoms with Crippen molar-refractivity contribution in [2.75, 3.05) is 39.3 Å². The summed E-state index contributed by atoms with van der Waals surface area (Å²) in [5.74, 6) is 1.67. The molecule has 2 rings (SSSR count). The molecule has 0 aromatic heterocycles. The van der Waals surface area contributed by atoms with Crippen LogP contribution in [0.1, 0.15) is 39.7 Å². The molecule has 134 valence electrons. The van der Waals surface area contributed by atoms with Gasteiger partial charge in [-0.05, 0) is 37.9 Å². The Morgan fingerprint density at radius 1 is 1.21 bits per heavy atom. The van der Waals surface area contributed by atoms with Crippen LogP contribution in [0.3, 0.4) is 0 Å². The number of hydrogen-bond acceptors (Lipinski definition) is 2. The molecule has 1 atom stereocenters. The molecule has 2 N–H and O–H groups in total. The first kappa shape index (κ1) is 18.8. The molecule has 1 unspecified atom stereocenters. The zero-order valence-electron chi connectivity index (χ0n) is 15.8. The van der Waals surface area contributed by atoms with Gasteiger partial charge >= 0.3 is 0 Å². The average molecular weight is 331 g/mol. The lowest BCUT2D eigenvalue weighted by atomic mass is 9.85. The number of benzene rings is 1. The van der Waals surface area contributed by atoms with Gasteiger partial charge in [-0.1, -0.05) is 51.1 Å². The van der Waals surface area contributed by atoms with Crippen molar-refractivity contribution >= 4 is 5.96 Å². The molecule has 0 amide bonds. The zero-order valence-corrected chi connectivity index (χ0v) is 15.8. The van der Waals surface area contributed by atoms with E-state index in [0.29, 0.717) is 0 Å². The molecule has 1 heterocycles. The highest BCUT2D eigenvalue weighted by Crippen LogP contribution is 2.23. The third kappa shape index (κ3) is 5.52. The van der Waals surface area contributed by atoms with E-state index in [2.05, 4.69) is 73.6 Å². The summed E-state index contributed by atoms with van der Waals surface area (Å²) in [5, 5.41) is 6.92. The molecular formula is C20H34N4. The van der Waals surface area contributed by atoms with Gasteiger partial charge in [0.1, 0.15) is 0 Å². The van der Waals surface area contributed by atoms with E-state index < -0.39 is 0 Å². The lowest BCUT2D eigenvalue weighted by molar-refractivity contribution is 0.341. The van der Waals surface area contributed by atoms with Crippen molar-refractivity contribution in [3.05, 3.63) is 35.9 Å². The summed E-state index contributed by atoms with van der Waals surface area (Å²) in [7, 11) is 0. The van der Waals surface area contributed by atoms with Gasteiger partial charge in [-0.15, -0.1) is 0 Å². The molecule has 0 spiro atoms. The van der Waals surface area contributed by atoms with Crippen molar-refractivity contribution in [3.8, 4) is 0 Å². The van der Waals surface area contributed by atoms with Gasteiger partial charge in [-0.2, -0.15) is 0 Å². The van der Waals surface area contributed by atoms with Gasteiger partial charge in [0.25, 0.3) is 0 Å². The van der Waals surface area contributed by atoms with Gasteiger partial charge in [-0.3, -0.25) is 4.99 Å². The summed E-state index contributed by atoms with van der Waals surface area (Å²) in [6.07, 6.45) is 1.29. The van der Waals surface area contributed by atoms with Gasteiger partial charge in [0.2, 0.25) is 0 Å². The topological polar surface area (TPSA) is 39.7 Å². The number of guanidine groups is 1. The van der Waals surface area contributed by atoms with E-state index >= 15 is 0 Å². The summed E-state index contributed by atoms with van der Waals surface area (Å²) < 4.78 is 0. The van der Waals surface area contributed by atoms with E-state index in [0.717, 1.165) is 38.1 Å². The van der Waals surface area contributed by atoms with Crippen molar-refractivity contribution in [2.45, 2.75) is 39.5 Å². The van der Waals surface area contributed by atoms with Crippen LogP contribution in [0.15, 0.2) is 35.3 Å². The van der Waals surface area contributed by atoms with Crippen molar-refractivity contribution in [1.29, 1.82) is 0 Å². The third-order valence-corrected chi connectivity index (χ3v) is 4.91. The number of rotatable bonds is 7. The molecule has 4 nitrogen and oxygen atoms in total. The van der Waals surface area contributed by atoms with E-state index in [4.69, 9.17) is 4.99 Å². The summed E-state index contributed by atoms with van der Waals surface area (Å²) in [5.41, 5.74) is 1.37. The van der Waals surface area contributed by atoms with Crippen molar-refractivity contribution in [1.82, 2.24) is 15.5 Å². The van der Waals surface area contributed by atoms with Crippen LogP contribution in [0.4, 0.5) is 0 Å². The maximum absolute atomic E-state index is 4.84. The molecule has 0 aliphatic carbocycles. The number of nitrogens with one attached hydrogen (secondary N) is 2. The normalized spacial score (nSPS) is 19.5. The van der Waals surface area contributed by atoms with Crippen LogP contribution in [0.25, 0.3) is 0 Å². The predicted molar refractivity (Wildman–Crippen MR) is 104 cm³/mol. The van der Waals surface area contributed by atoms with Crippen LogP contribution in [-0.4, -0.2) is 50.1 Å². The fourth-order valence-corrected chi connectivity index (χ4v) is 3.21. The molecule has 1 aliphatic heterocycles. The van der Waals surface area contributed by atoms with E-state index in [1.165, 1.54) is 25.1 Å². The molecule has 0 bridgehead atoms. The summed E-state index contributed by atoms with van der Waals surface area (Å²) in [4.78, 5) is 7.37. The molecule has 0 radical (unpaired) electrons.